The van der Waals surface area contributed by atoms with E-state index in [1.807, 2.05) is 29.5 Å². The molecule has 0 saturated carbocycles. The topological polar surface area (TPSA) is 135 Å². The second-order valence-corrected chi connectivity index (χ2v) is 12.0. The van der Waals surface area contributed by atoms with Crippen molar-refractivity contribution in [3.05, 3.63) is 74.4 Å². The molecule has 228 valence electrons. The number of esters is 1. The zero-order valence-electron chi connectivity index (χ0n) is 23.9. The number of hydrogen-bond acceptors (Lipinski definition) is 10. The molecule has 1 N–H and O–H groups in total. The minimum absolute atomic E-state index is 0.146. The Kier molecular flexibility index (Phi) is 10.6. The van der Waals surface area contributed by atoms with E-state index in [4.69, 9.17) is 28.8 Å². The SMILES string of the molecule is CCOC(=O)C1=C(C)N=c2s/c(=C/c3cc(I)c(OCC(=O)O)c(OC)c3)c(=O)n2[C@H]1c1cc(OC)c(OCC)cc1Br. The van der Waals surface area contributed by atoms with Gasteiger partial charge in [0.2, 0.25) is 0 Å². The molecule has 0 bridgehead atoms. The number of carbonyl (C=O) groups is 2. The third-order valence-electron chi connectivity index (χ3n) is 6.28. The van der Waals surface area contributed by atoms with Gasteiger partial charge in [0, 0.05) is 4.47 Å². The summed E-state index contributed by atoms with van der Waals surface area (Å²) in [5.41, 5.74) is 1.48. The number of nitrogens with zero attached hydrogens (tertiary/aromatic N) is 2. The molecule has 1 atom stereocenters. The molecule has 0 unspecified atom stereocenters. The number of methoxy groups -OCH3 is 2. The zero-order chi connectivity index (χ0) is 31.4. The van der Waals surface area contributed by atoms with Crippen molar-refractivity contribution in [2.45, 2.75) is 26.8 Å². The summed E-state index contributed by atoms with van der Waals surface area (Å²) in [6, 6.07) is 6.00. The Balaban J connectivity index is 1.94. The van der Waals surface area contributed by atoms with Gasteiger partial charge in [0.25, 0.3) is 5.56 Å². The molecule has 1 aliphatic rings. The molecule has 11 nitrogen and oxygen atoms in total. The Bertz CT molecular complexity index is 1800. The summed E-state index contributed by atoms with van der Waals surface area (Å²) in [6.07, 6.45) is 1.68. The Hall–Kier alpha value is -3.37. The summed E-state index contributed by atoms with van der Waals surface area (Å²) < 4.78 is 30.6. The van der Waals surface area contributed by atoms with Crippen LogP contribution in [-0.2, 0) is 14.3 Å². The predicted octanol–water partition coefficient (Wildman–Crippen LogP) is 4.04. The van der Waals surface area contributed by atoms with Gasteiger partial charge in [-0.3, -0.25) is 9.36 Å². The molecule has 1 aromatic heterocycles. The van der Waals surface area contributed by atoms with Gasteiger partial charge < -0.3 is 28.8 Å². The number of aromatic nitrogens is 1. The van der Waals surface area contributed by atoms with Gasteiger partial charge in [-0.1, -0.05) is 27.3 Å². The van der Waals surface area contributed by atoms with Crippen molar-refractivity contribution in [2.24, 2.45) is 4.99 Å². The van der Waals surface area contributed by atoms with Gasteiger partial charge >= 0.3 is 11.9 Å². The van der Waals surface area contributed by atoms with Gasteiger partial charge in [0.15, 0.2) is 34.4 Å². The molecule has 1 aliphatic heterocycles. The summed E-state index contributed by atoms with van der Waals surface area (Å²) in [5.74, 6) is -0.160. The number of carboxylic acid groups (broad SMARTS) is 1. The minimum atomic E-state index is -1.12. The number of carboxylic acids is 1. The number of halogens is 2. The van der Waals surface area contributed by atoms with Crippen LogP contribution in [-0.4, -0.2) is 55.7 Å². The Morgan fingerprint density at radius 2 is 1.81 bits per heavy atom. The van der Waals surface area contributed by atoms with E-state index in [2.05, 4.69) is 20.9 Å². The smallest absolute Gasteiger partial charge is 0.341 e. The van der Waals surface area contributed by atoms with Crippen LogP contribution in [0.2, 0.25) is 0 Å². The van der Waals surface area contributed by atoms with Crippen LogP contribution in [0.3, 0.4) is 0 Å². The standard InChI is InChI=1S/C29H28BrIN2O9S/c1-6-40-20-12-17(30)16(11-19(20)38-4)25-24(28(37)41-7-2)14(3)32-29-33(25)27(36)22(43-29)10-15-8-18(31)26(21(9-15)39-5)42-13-23(34)35/h8-12,25H,6-7,13H2,1-5H3,(H,34,35)/b22-10+/t25-/m0/s1. The van der Waals surface area contributed by atoms with Crippen molar-refractivity contribution in [2.75, 3.05) is 34.0 Å². The van der Waals surface area contributed by atoms with E-state index in [0.717, 1.165) is 0 Å². The number of carbonyl (C=O) groups excluding carboxylic acids is 1. The molecule has 2 aromatic carbocycles. The van der Waals surface area contributed by atoms with Gasteiger partial charge in [0.05, 0.1) is 52.8 Å². The van der Waals surface area contributed by atoms with Gasteiger partial charge in [-0.2, -0.15) is 0 Å². The first-order valence-corrected chi connectivity index (χ1v) is 15.6. The quantitative estimate of drug-likeness (QED) is 0.226. The second-order valence-electron chi connectivity index (χ2n) is 8.98. The molecule has 14 heteroatoms. The number of ether oxygens (including phenoxy) is 5. The molecule has 0 spiro atoms. The van der Waals surface area contributed by atoms with E-state index in [1.165, 1.54) is 30.1 Å². The normalized spacial score (nSPS) is 14.6. The summed E-state index contributed by atoms with van der Waals surface area (Å²) in [7, 11) is 2.96. The van der Waals surface area contributed by atoms with Gasteiger partial charge in [-0.05, 0) is 84.8 Å². The number of fused-ring (bicyclic) bond motifs is 1. The van der Waals surface area contributed by atoms with E-state index < -0.39 is 24.6 Å². The van der Waals surface area contributed by atoms with Crippen LogP contribution in [0.4, 0.5) is 0 Å². The molecule has 3 aromatic rings. The van der Waals surface area contributed by atoms with Crippen LogP contribution in [0.5, 0.6) is 23.0 Å². The number of rotatable bonds is 11. The largest absolute Gasteiger partial charge is 0.493 e. The monoisotopic (exact) mass is 786 g/mol. The van der Waals surface area contributed by atoms with Crippen LogP contribution in [0.15, 0.2) is 49.8 Å². The average Bonchev–Trinajstić information content (AvgIpc) is 3.25. The van der Waals surface area contributed by atoms with Crippen molar-refractivity contribution in [1.29, 1.82) is 0 Å². The van der Waals surface area contributed by atoms with E-state index >= 15 is 0 Å². The predicted molar refractivity (Wildman–Crippen MR) is 171 cm³/mol. The molecule has 0 amide bonds. The van der Waals surface area contributed by atoms with Crippen molar-refractivity contribution >= 4 is 67.9 Å². The van der Waals surface area contributed by atoms with Crippen molar-refractivity contribution in [3.8, 4) is 23.0 Å². The van der Waals surface area contributed by atoms with Gasteiger partial charge in [-0.15, -0.1) is 0 Å². The molecule has 0 radical (unpaired) electrons. The lowest BCUT2D eigenvalue weighted by molar-refractivity contribution is -0.140. The highest BCUT2D eigenvalue weighted by atomic mass is 127. The Morgan fingerprint density at radius 1 is 1.09 bits per heavy atom. The number of hydrogen-bond donors (Lipinski definition) is 1. The number of thiazole rings is 1. The molecule has 2 heterocycles. The van der Waals surface area contributed by atoms with Crippen molar-refractivity contribution in [1.82, 2.24) is 4.57 Å². The van der Waals surface area contributed by atoms with E-state index in [9.17, 15) is 14.4 Å². The molecule has 4 rings (SSSR count). The van der Waals surface area contributed by atoms with Crippen LogP contribution >= 0.6 is 49.9 Å². The van der Waals surface area contributed by atoms with Crippen LogP contribution < -0.4 is 33.8 Å². The van der Waals surface area contributed by atoms with E-state index in [1.54, 1.807) is 44.2 Å². The summed E-state index contributed by atoms with van der Waals surface area (Å²) in [5, 5.41) is 9.01. The van der Waals surface area contributed by atoms with Crippen LogP contribution in [0.25, 0.3) is 6.08 Å². The van der Waals surface area contributed by atoms with Gasteiger partial charge in [-0.25, -0.2) is 14.6 Å². The lowest BCUT2D eigenvalue weighted by atomic mass is 9.95. The molecular formula is C29H28BrIN2O9S. The fourth-order valence-electron chi connectivity index (χ4n) is 4.52. The number of allylic oxidation sites excluding steroid dienone is 1. The first-order valence-electron chi connectivity index (χ1n) is 13.0. The van der Waals surface area contributed by atoms with Crippen molar-refractivity contribution in [3.63, 3.8) is 0 Å². The second kappa shape index (κ2) is 13.9. The maximum Gasteiger partial charge on any atom is 0.341 e. The molecular weight excluding hydrogens is 759 g/mol. The maximum absolute atomic E-state index is 14.1. The highest BCUT2D eigenvalue weighted by molar-refractivity contribution is 14.1. The van der Waals surface area contributed by atoms with E-state index in [-0.39, 0.29) is 23.5 Å². The summed E-state index contributed by atoms with van der Waals surface area (Å²) in [4.78, 5) is 43.4. The lowest BCUT2D eigenvalue weighted by Gasteiger charge is -2.26. The lowest BCUT2D eigenvalue weighted by Crippen LogP contribution is -2.40. The van der Waals surface area contributed by atoms with Gasteiger partial charge in [0.1, 0.15) is 0 Å². The van der Waals surface area contributed by atoms with Crippen LogP contribution in [0.1, 0.15) is 37.9 Å². The van der Waals surface area contributed by atoms with Crippen molar-refractivity contribution < 1.29 is 38.4 Å². The highest BCUT2D eigenvalue weighted by Crippen LogP contribution is 2.41. The Labute approximate surface area is 272 Å². The van der Waals surface area contributed by atoms with E-state index in [0.29, 0.717) is 58.1 Å². The number of benzene rings is 2. The Morgan fingerprint density at radius 3 is 2.44 bits per heavy atom. The third kappa shape index (κ3) is 6.75. The molecule has 43 heavy (non-hydrogen) atoms. The first-order chi connectivity index (χ1) is 20.5. The minimum Gasteiger partial charge on any atom is -0.493 e. The molecule has 0 fully saturated rings. The fourth-order valence-corrected chi connectivity index (χ4v) is 6.89. The average molecular weight is 787 g/mol. The first kappa shape index (κ1) is 32.5. The highest BCUT2D eigenvalue weighted by Gasteiger charge is 2.35. The number of aliphatic carboxylic acids is 1. The summed E-state index contributed by atoms with van der Waals surface area (Å²) >= 11 is 6.80. The summed E-state index contributed by atoms with van der Waals surface area (Å²) in [6.45, 7) is 5.31. The zero-order valence-corrected chi connectivity index (χ0v) is 28.4. The third-order valence-corrected chi connectivity index (χ3v) is 8.75. The molecule has 0 aliphatic carbocycles. The molecule has 0 saturated heterocycles. The van der Waals surface area contributed by atoms with Crippen LogP contribution in [0, 0.1) is 3.57 Å². The fraction of sp³-hybridized carbons (Fsp3) is 0.310. The maximum atomic E-state index is 14.1.